The van der Waals surface area contributed by atoms with Crippen LogP contribution >= 0.6 is 0 Å². The molecule has 0 atom stereocenters. The minimum atomic E-state index is -0.250. The monoisotopic (exact) mass is 474 g/mol. The smallest absolute Gasteiger partial charge is 0.290 e. The average molecular weight is 474 g/mol. The van der Waals surface area contributed by atoms with Crippen LogP contribution < -0.4 is 25.3 Å². The molecule has 2 heterocycles. The van der Waals surface area contributed by atoms with E-state index in [4.69, 9.17) is 29.8 Å². The van der Waals surface area contributed by atoms with Crippen molar-refractivity contribution in [2.75, 3.05) is 25.0 Å². The van der Waals surface area contributed by atoms with E-state index in [2.05, 4.69) is 16.4 Å². The van der Waals surface area contributed by atoms with Crippen molar-refractivity contribution < 1.29 is 28.9 Å². The third-order valence-corrected chi connectivity index (χ3v) is 5.71. The number of ether oxygens (including phenoxy) is 3. The second-order valence-corrected chi connectivity index (χ2v) is 7.76. The fourth-order valence-electron chi connectivity index (χ4n) is 4.39. The van der Waals surface area contributed by atoms with Gasteiger partial charge in [0.05, 0.1) is 12.8 Å². The van der Waals surface area contributed by atoms with E-state index in [1.54, 1.807) is 7.11 Å². The lowest BCUT2D eigenvalue weighted by Crippen LogP contribution is -2.13. The van der Waals surface area contributed by atoms with Gasteiger partial charge in [-0.25, -0.2) is 4.98 Å². The standard InChI is InChI=1S/C24H20N4O4.CH2O2/c1-12(29)27-15-4-6-16-13(7-15)3-5-17-21(18(10-25)24(26)28-22(16)17)14-8-19(30-2)23-20(9-14)31-11-32-23;2-1-3/h4,6-9H,3,5,11H2,1-2H3,(H2,26,28)(H,27,29);1H,(H,2,3). The maximum atomic E-state index is 11.4. The molecular weight excluding hydrogens is 452 g/mol. The Morgan fingerprint density at radius 2 is 2.06 bits per heavy atom. The molecule has 2 aromatic carbocycles. The predicted octanol–water partition coefficient (Wildman–Crippen LogP) is 3.36. The average Bonchev–Trinajstić information content (AvgIpc) is 3.31. The molecule has 10 nitrogen and oxygen atoms in total. The highest BCUT2D eigenvalue weighted by atomic mass is 16.7. The number of methoxy groups -OCH3 is 1. The lowest BCUT2D eigenvalue weighted by atomic mass is 9.83. The van der Waals surface area contributed by atoms with Gasteiger partial charge in [-0.15, -0.1) is 0 Å². The summed E-state index contributed by atoms with van der Waals surface area (Å²) < 4.78 is 16.6. The molecule has 1 aromatic heterocycles. The van der Waals surface area contributed by atoms with E-state index in [9.17, 15) is 10.1 Å². The number of carboxylic acid groups (broad SMARTS) is 1. The minimum Gasteiger partial charge on any atom is -0.493 e. The number of aromatic nitrogens is 1. The van der Waals surface area contributed by atoms with Gasteiger partial charge in [0, 0.05) is 23.7 Å². The molecule has 178 valence electrons. The minimum absolute atomic E-state index is 0.112. The second-order valence-electron chi connectivity index (χ2n) is 7.76. The van der Waals surface area contributed by atoms with E-state index in [1.807, 2.05) is 30.3 Å². The van der Waals surface area contributed by atoms with E-state index in [-0.39, 0.29) is 25.0 Å². The van der Waals surface area contributed by atoms with Crippen LogP contribution in [0.1, 0.15) is 23.6 Å². The van der Waals surface area contributed by atoms with Gasteiger partial charge in [-0.1, -0.05) is 6.07 Å². The van der Waals surface area contributed by atoms with E-state index in [1.165, 1.54) is 6.92 Å². The molecule has 0 spiro atoms. The molecule has 3 aromatic rings. The fraction of sp³-hybridized carbons (Fsp3) is 0.200. The van der Waals surface area contributed by atoms with Crippen molar-refractivity contribution in [2.45, 2.75) is 19.8 Å². The lowest BCUT2D eigenvalue weighted by Gasteiger charge is -2.24. The highest BCUT2D eigenvalue weighted by molar-refractivity contribution is 5.91. The predicted molar refractivity (Wildman–Crippen MR) is 127 cm³/mol. The summed E-state index contributed by atoms with van der Waals surface area (Å²) in [7, 11) is 1.56. The zero-order valence-corrected chi connectivity index (χ0v) is 19.0. The number of nitriles is 1. The van der Waals surface area contributed by atoms with Crippen molar-refractivity contribution in [2.24, 2.45) is 0 Å². The van der Waals surface area contributed by atoms with Crippen molar-refractivity contribution in [1.82, 2.24) is 4.98 Å². The number of benzene rings is 2. The van der Waals surface area contributed by atoms with Crippen LogP contribution in [0, 0.1) is 11.3 Å². The van der Waals surface area contributed by atoms with Crippen molar-refractivity contribution in [3.05, 3.63) is 47.0 Å². The Bertz CT molecular complexity index is 1380. The molecule has 1 aliphatic carbocycles. The van der Waals surface area contributed by atoms with Gasteiger partial charge in [0.15, 0.2) is 11.5 Å². The van der Waals surface area contributed by atoms with Crippen molar-refractivity contribution in [1.29, 1.82) is 5.26 Å². The zero-order chi connectivity index (χ0) is 25.1. The Kier molecular flexibility index (Phi) is 6.42. The van der Waals surface area contributed by atoms with Gasteiger partial charge in [0.2, 0.25) is 18.4 Å². The Labute approximate surface area is 200 Å². The maximum absolute atomic E-state index is 11.4. The number of fused-ring (bicyclic) bond motifs is 4. The van der Waals surface area contributed by atoms with E-state index in [0.717, 1.165) is 45.6 Å². The summed E-state index contributed by atoms with van der Waals surface area (Å²) in [5.74, 6) is 1.67. The van der Waals surface area contributed by atoms with Gasteiger partial charge in [-0.2, -0.15) is 5.26 Å². The van der Waals surface area contributed by atoms with Gasteiger partial charge in [-0.3, -0.25) is 9.59 Å². The molecular formula is C25H22N4O6. The lowest BCUT2D eigenvalue weighted by molar-refractivity contribution is -0.123. The van der Waals surface area contributed by atoms with Gasteiger partial charge >= 0.3 is 0 Å². The summed E-state index contributed by atoms with van der Waals surface area (Å²) in [5, 5.41) is 19.6. The van der Waals surface area contributed by atoms with Crippen molar-refractivity contribution in [3.8, 4) is 45.7 Å². The molecule has 5 rings (SSSR count). The molecule has 0 bridgehead atoms. The molecule has 0 fully saturated rings. The third-order valence-electron chi connectivity index (χ3n) is 5.71. The van der Waals surface area contributed by atoms with Crippen molar-refractivity contribution in [3.63, 3.8) is 0 Å². The van der Waals surface area contributed by atoms with Crippen LogP contribution in [0.4, 0.5) is 11.5 Å². The number of anilines is 2. The van der Waals surface area contributed by atoms with Gasteiger partial charge in [0.25, 0.3) is 6.47 Å². The third kappa shape index (κ3) is 4.27. The van der Waals surface area contributed by atoms with Crippen LogP contribution in [0.25, 0.3) is 22.4 Å². The molecule has 0 saturated heterocycles. The molecule has 1 amide bonds. The number of rotatable bonds is 3. The summed E-state index contributed by atoms with van der Waals surface area (Å²) >= 11 is 0. The molecule has 1 aliphatic heterocycles. The van der Waals surface area contributed by atoms with Crippen LogP contribution in [0.2, 0.25) is 0 Å². The summed E-state index contributed by atoms with van der Waals surface area (Å²) in [5.41, 5.74) is 12.5. The number of nitrogen functional groups attached to an aromatic ring is 1. The first-order chi connectivity index (χ1) is 16.9. The molecule has 2 aliphatic rings. The highest BCUT2D eigenvalue weighted by Gasteiger charge is 2.28. The number of hydrogen-bond acceptors (Lipinski definition) is 8. The molecule has 0 saturated carbocycles. The Balaban J connectivity index is 0.000000917. The summed E-state index contributed by atoms with van der Waals surface area (Å²) in [6.45, 7) is 1.34. The van der Waals surface area contributed by atoms with Crippen LogP contribution in [0.5, 0.6) is 17.2 Å². The molecule has 35 heavy (non-hydrogen) atoms. The molecule has 10 heteroatoms. The number of hydrogen-bond donors (Lipinski definition) is 3. The molecule has 0 unspecified atom stereocenters. The summed E-state index contributed by atoms with van der Waals surface area (Å²) in [6, 6.07) is 11.6. The number of amides is 1. The van der Waals surface area contributed by atoms with Gasteiger partial charge in [0.1, 0.15) is 17.5 Å². The molecule has 4 N–H and O–H groups in total. The number of aryl methyl sites for hydroxylation is 1. The van der Waals surface area contributed by atoms with Crippen molar-refractivity contribution >= 4 is 23.9 Å². The number of nitrogens with zero attached hydrogens (tertiary/aromatic N) is 2. The van der Waals surface area contributed by atoms with Crippen LogP contribution in [0.3, 0.4) is 0 Å². The van der Waals surface area contributed by atoms with E-state index in [0.29, 0.717) is 29.2 Å². The quantitative estimate of drug-likeness (QED) is 0.484. The zero-order valence-electron chi connectivity index (χ0n) is 19.0. The number of nitrogens with two attached hydrogens (primary N) is 1. The number of carbonyl (C=O) groups excluding carboxylic acids is 1. The van der Waals surface area contributed by atoms with E-state index >= 15 is 0 Å². The van der Waals surface area contributed by atoms with Crippen LogP contribution in [-0.2, 0) is 22.4 Å². The van der Waals surface area contributed by atoms with Crippen LogP contribution in [-0.4, -0.2) is 36.4 Å². The fourth-order valence-corrected chi connectivity index (χ4v) is 4.39. The Morgan fingerprint density at radius 1 is 1.29 bits per heavy atom. The first kappa shape index (κ1) is 23.4. The summed E-state index contributed by atoms with van der Waals surface area (Å²) in [4.78, 5) is 24.4. The Hall–Kier alpha value is -4.78. The normalized spacial score (nSPS) is 12.3. The maximum Gasteiger partial charge on any atom is 0.290 e. The number of pyridine rings is 1. The van der Waals surface area contributed by atoms with Crippen LogP contribution in [0.15, 0.2) is 30.3 Å². The first-order valence-corrected chi connectivity index (χ1v) is 10.6. The largest absolute Gasteiger partial charge is 0.493 e. The summed E-state index contributed by atoms with van der Waals surface area (Å²) in [6.07, 6.45) is 1.40. The molecule has 0 radical (unpaired) electrons. The second kappa shape index (κ2) is 9.61. The van der Waals surface area contributed by atoms with Gasteiger partial charge in [-0.05, 0) is 53.8 Å². The topological polar surface area (TPSA) is 157 Å². The van der Waals surface area contributed by atoms with E-state index < -0.39 is 0 Å². The SMILES string of the molecule is COc1cc(-c2c(C#N)c(N)nc3c2CCc2cc(NC(C)=O)ccc2-3)cc2c1OCO2.O=CO. The number of nitrogens with one attached hydrogen (secondary N) is 1. The first-order valence-electron chi connectivity index (χ1n) is 10.6. The Morgan fingerprint density at radius 3 is 2.74 bits per heavy atom. The van der Waals surface area contributed by atoms with Gasteiger partial charge < -0.3 is 30.4 Å². The number of carbonyl (C=O) groups is 2. The highest BCUT2D eigenvalue weighted by Crippen LogP contribution is 2.48.